The molecular weight excluding hydrogens is 389 g/mol. The van der Waals surface area contributed by atoms with Gasteiger partial charge in [-0.2, -0.15) is 5.10 Å². The van der Waals surface area contributed by atoms with Gasteiger partial charge in [-0.1, -0.05) is 60.7 Å². The van der Waals surface area contributed by atoms with Gasteiger partial charge in [-0.05, 0) is 55.7 Å². The number of carbonyl (C=O) groups excluding carboxylic acids is 1. The SMILES string of the molecule is CC(CCc1ccccc1)NC(=O)c1cc(-c2ccccc2)nn1-c1ccc(F)cc1. The number of nitrogens with one attached hydrogen (secondary N) is 1. The van der Waals surface area contributed by atoms with E-state index in [9.17, 15) is 9.18 Å². The van der Waals surface area contributed by atoms with Gasteiger partial charge in [0.05, 0.1) is 11.4 Å². The maximum atomic E-state index is 13.4. The van der Waals surface area contributed by atoms with Crippen LogP contribution in [-0.2, 0) is 6.42 Å². The maximum Gasteiger partial charge on any atom is 0.270 e. The Morgan fingerprint density at radius 3 is 2.29 bits per heavy atom. The average molecular weight is 413 g/mol. The minimum atomic E-state index is -0.334. The van der Waals surface area contributed by atoms with Crippen LogP contribution in [0, 0.1) is 5.82 Å². The van der Waals surface area contributed by atoms with E-state index in [0.29, 0.717) is 17.1 Å². The summed E-state index contributed by atoms with van der Waals surface area (Å²) in [6, 6.07) is 27.6. The van der Waals surface area contributed by atoms with Crippen LogP contribution in [0.2, 0.25) is 0 Å². The van der Waals surface area contributed by atoms with Gasteiger partial charge in [0, 0.05) is 11.6 Å². The van der Waals surface area contributed by atoms with Crippen LogP contribution in [-0.4, -0.2) is 21.7 Å². The van der Waals surface area contributed by atoms with Crippen LogP contribution >= 0.6 is 0 Å². The number of rotatable bonds is 7. The Morgan fingerprint density at radius 2 is 1.61 bits per heavy atom. The largest absolute Gasteiger partial charge is 0.348 e. The van der Waals surface area contributed by atoms with Crippen molar-refractivity contribution in [3.63, 3.8) is 0 Å². The number of amides is 1. The quantitative estimate of drug-likeness (QED) is 0.439. The molecular formula is C26H24FN3O. The lowest BCUT2D eigenvalue weighted by molar-refractivity contribution is 0.0930. The second-order valence-corrected chi connectivity index (χ2v) is 7.57. The van der Waals surface area contributed by atoms with Gasteiger partial charge in [-0.3, -0.25) is 4.79 Å². The van der Waals surface area contributed by atoms with E-state index in [0.717, 1.165) is 18.4 Å². The number of aromatic nitrogens is 2. The summed E-state index contributed by atoms with van der Waals surface area (Å²) in [6.07, 6.45) is 1.71. The van der Waals surface area contributed by atoms with E-state index in [1.165, 1.54) is 17.7 Å². The Balaban J connectivity index is 1.57. The van der Waals surface area contributed by atoms with E-state index in [4.69, 9.17) is 0 Å². The molecule has 156 valence electrons. The summed E-state index contributed by atoms with van der Waals surface area (Å²) in [5.74, 6) is -0.542. The Kier molecular flexibility index (Phi) is 6.22. The molecule has 0 aliphatic carbocycles. The number of halogens is 1. The van der Waals surface area contributed by atoms with Crippen molar-refractivity contribution in [1.29, 1.82) is 0 Å². The molecule has 0 radical (unpaired) electrons. The minimum absolute atomic E-state index is 0.00977. The third-order valence-electron chi connectivity index (χ3n) is 5.17. The first-order chi connectivity index (χ1) is 15.1. The first-order valence-electron chi connectivity index (χ1n) is 10.4. The molecule has 4 rings (SSSR count). The fraction of sp³-hybridized carbons (Fsp3) is 0.154. The fourth-order valence-corrected chi connectivity index (χ4v) is 3.47. The van der Waals surface area contributed by atoms with Gasteiger partial charge in [0.15, 0.2) is 0 Å². The van der Waals surface area contributed by atoms with Crippen molar-refractivity contribution >= 4 is 5.91 Å². The van der Waals surface area contributed by atoms with Crippen molar-refractivity contribution in [2.24, 2.45) is 0 Å². The molecule has 1 N–H and O–H groups in total. The summed E-state index contributed by atoms with van der Waals surface area (Å²) < 4.78 is 15.0. The summed E-state index contributed by atoms with van der Waals surface area (Å²) >= 11 is 0. The lowest BCUT2D eigenvalue weighted by Gasteiger charge is -2.14. The summed E-state index contributed by atoms with van der Waals surface area (Å²) in [5, 5.41) is 7.71. The Hall–Kier alpha value is -3.73. The third-order valence-corrected chi connectivity index (χ3v) is 5.17. The molecule has 0 saturated heterocycles. The highest BCUT2D eigenvalue weighted by molar-refractivity contribution is 5.94. The molecule has 0 aliphatic rings. The molecule has 0 fully saturated rings. The molecule has 4 aromatic rings. The Labute approximate surface area is 181 Å². The van der Waals surface area contributed by atoms with Crippen molar-refractivity contribution in [3.05, 3.63) is 108 Å². The number of hydrogen-bond acceptors (Lipinski definition) is 2. The highest BCUT2D eigenvalue weighted by Gasteiger charge is 2.19. The highest BCUT2D eigenvalue weighted by Crippen LogP contribution is 2.22. The van der Waals surface area contributed by atoms with Gasteiger partial charge in [0.25, 0.3) is 5.91 Å². The van der Waals surface area contributed by atoms with Gasteiger partial charge in [0.2, 0.25) is 0 Å². The van der Waals surface area contributed by atoms with Crippen LogP contribution in [0.15, 0.2) is 91.0 Å². The summed E-state index contributed by atoms with van der Waals surface area (Å²) in [7, 11) is 0. The number of hydrogen-bond donors (Lipinski definition) is 1. The standard InChI is InChI=1S/C26H24FN3O/c1-19(12-13-20-8-4-2-5-9-20)28-26(31)25-18-24(21-10-6-3-7-11-21)29-30(25)23-16-14-22(27)15-17-23/h2-11,14-19H,12-13H2,1H3,(H,28,31). The number of carbonyl (C=O) groups is 1. The Morgan fingerprint density at radius 1 is 0.968 bits per heavy atom. The predicted molar refractivity (Wildman–Crippen MR) is 121 cm³/mol. The third kappa shape index (κ3) is 5.07. The molecule has 1 heterocycles. The van der Waals surface area contributed by atoms with Crippen molar-refractivity contribution in [3.8, 4) is 16.9 Å². The van der Waals surface area contributed by atoms with E-state index in [1.807, 2.05) is 55.5 Å². The second kappa shape index (κ2) is 9.39. The zero-order valence-electron chi connectivity index (χ0n) is 17.3. The van der Waals surface area contributed by atoms with Crippen molar-refractivity contribution in [2.45, 2.75) is 25.8 Å². The molecule has 0 spiro atoms. The summed E-state index contributed by atoms with van der Waals surface area (Å²) in [6.45, 7) is 2.00. The number of benzene rings is 3. The van der Waals surface area contributed by atoms with E-state index >= 15 is 0 Å². The highest BCUT2D eigenvalue weighted by atomic mass is 19.1. The van der Waals surface area contributed by atoms with E-state index in [-0.39, 0.29) is 17.8 Å². The fourth-order valence-electron chi connectivity index (χ4n) is 3.47. The van der Waals surface area contributed by atoms with Crippen LogP contribution in [0.4, 0.5) is 4.39 Å². The van der Waals surface area contributed by atoms with Crippen LogP contribution in [0.25, 0.3) is 16.9 Å². The van der Waals surface area contributed by atoms with Crippen LogP contribution in [0.5, 0.6) is 0 Å². The first-order valence-corrected chi connectivity index (χ1v) is 10.4. The summed E-state index contributed by atoms with van der Waals surface area (Å²) in [4.78, 5) is 13.1. The van der Waals surface area contributed by atoms with Crippen LogP contribution < -0.4 is 5.32 Å². The van der Waals surface area contributed by atoms with Gasteiger partial charge < -0.3 is 5.32 Å². The molecule has 3 aromatic carbocycles. The summed E-state index contributed by atoms with van der Waals surface area (Å²) in [5.41, 5.74) is 3.88. The first kappa shape index (κ1) is 20.5. The maximum absolute atomic E-state index is 13.4. The lowest BCUT2D eigenvalue weighted by Crippen LogP contribution is -2.34. The monoisotopic (exact) mass is 413 g/mol. The van der Waals surface area contributed by atoms with Crippen LogP contribution in [0.1, 0.15) is 29.4 Å². The zero-order chi connectivity index (χ0) is 21.6. The zero-order valence-corrected chi connectivity index (χ0v) is 17.3. The molecule has 31 heavy (non-hydrogen) atoms. The molecule has 0 bridgehead atoms. The van der Waals surface area contributed by atoms with E-state index in [1.54, 1.807) is 22.9 Å². The molecule has 1 aromatic heterocycles. The van der Waals surface area contributed by atoms with Gasteiger partial charge in [0.1, 0.15) is 11.5 Å². The normalized spacial score (nSPS) is 11.8. The minimum Gasteiger partial charge on any atom is -0.348 e. The van der Waals surface area contributed by atoms with E-state index in [2.05, 4.69) is 22.5 Å². The molecule has 1 unspecified atom stereocenters. The Bertz CT molecular complexity index is 1140. The van der Waals surface area contributed by atoms with Crippen LogP contribution in [0.3, 0.4) is 0 Å². The van der Waals surface area contributed by atoms with Crippen molar-refractivity contribution < 1.29 is 9.18 Å². The molecule has 5 heteroatoms. The second-order valence-electron chi connectivity index (χ2n) is 7.57. The van der Waals surface area contributed by atoms with Gasteiger partial charge in [-0.15, -0.1) is 0 Å². The average Bonchev–Trinajstić information content (AvgIpc) is 3.25. The van der Waals surface area contributed by atoms with E-state index < -0.39 is 0 Å². The predicted octanol–water partition coefficient (Wildman–Crippen LogP) is 5.43. The van der Waals surface area contributed by atoms with Gasteiger partial charge >= 0.3 is 0 Å². The molecule has 1 atom stereocenters. The molecule has 1 amide bonds. The molecule has 0 saturated carbocycles. The topological polar surface area (TPSA) is 46.9 Å². The number of aryl methyl sites for hydroxylation is 1. The molecule has 4 nitrogen and oxygen atoms in total. The van der Waals surface area contributed by atoms with Crippen molar-refractivity contribution in [1.82, 2.24) is 15.1 Å². The molecule has 0 aliphatic heterocycles. The smallest absolute Gasteiger partial charge is 0.270 e. The van der Waals surface area contributed by atoms with Crippen molar-refractivity contribution in [2.75, 3.05) is 0 Å². The lowest BCUT2D eigenvalue weighted by atomic mass is 10.1. The van der Waals surface area contributed by atoms with Gasteiger partial charge in [-0.25, -0.2) is 9.07 Å². The number of nitrogens with zero attached hydrogens (tertiary/aromatic N) is 2.